The molecule has 9 heteroatoms. The van der Waals surface area contributed by atoms with Crippen LogP contribution in [0.25, 0.3) is 0 Å². The summed E-state index contributed by atoms with van der Waals surface area (Å²) in [5.41, 5.74) is 0.0898. The molecule has 0 saturated carbocycles. The smallest absolute Gasteiger partial charge is 0.326 e. The topological polar surface area (TPSA) is 89.9 Å². The molecule has 0 aliphatic carbocycles. The molecule has 0 bridgehead atoms. The number of phenols is 1. The molecule has 2 heterocycles. The molecule has 2 aliphatic rings. The number of nitrogens with one attached hydrogen (secondary N) is 1. The predicted molar refractivity (Wildman–Crippen MR) is 100.0 cm³/mol. The second kappa shape index (κ2) is 8.02. The number of rotatable bonds is 6. The molecular formula is C18H26FN3O4S. The van der Waals surface area contributed by atoms with Gasteiger partial charge >= 0.3 is 10.2 Å². The minimum absolute atomic E-state index is 0.483. The number of phenolic OH excluding ortho intramolecular Hbond substituents is 1. The Labute approximate surface area is 159 Å². The third-order valence-corrected chi connectivity index (χ3v) is 6.63. The first kappa shape index (κ1) is 19.9. The lowest BCUT2D eigenvalue weighted by atomic mass is 9.91. The normalized spacial score (nSPS) is 20.8. The molecule has 7 nitrogen and oxygen atoms in total. The van der Waals surface area contributed by atoms with Crippen LogP contribution < -0.4 is 9.03 Å². The summed E-state index contributed by atoms with van der Waals surface area (Å²) < 4.78 is 40.7. The van der Waals surface area contributed by atoms with Gasteiger partial charge in [-0.3, -0.25) is 9.69 Å². The highest BCUT2D eigenvalue weighted by Gasteiger charge is 2.37. The van der Waals surface area contributed by atoms with Crippen molar-refractivity contribution in [3.05, 3.63) is 23.5 Å². The van der Waals surface area contributed by atoms with E-state index in [-0.39, 0.29) is 0 Å². The number of unbranched alkanes of at least 4 members (excludes halogenated alkanes) is 1. The van der Waals surface area contributed by atoms with Gasteiger partial charge in [-0.2, -0.15) is 8.42 Å². The Kier molecular flexibility index (Phi) is 5.90. The van der Waals surface area contributed by atoms with Crippen molar-refractivity contribution in [2.45, 2.75) is 45.6 Å². The number of halogens is 1. The molecule has 2 N–H and O–H groups in total. The van der Waals surface area contributed by atoms with Gasteiger partial charge in [0, 0.05) is 6.54 Å². The quantitative estimate of drug-likeness (QED) is 0.765. The third-order valence-electron chi connectivity index (χ3n) is 5.25. The Morgan fingerprint density at radius 1 is 1.30 bits per heavy atom. The second-order valence-electron chi connectivity index (χ2n) is 7.34. The van der Waals surface area contributed by atoms with Gasteiger partial charge in [-0.05, 0) is 49.5 Å². The van der Waals surface area contributed by atoms with Gasteiger partial charge in [-0.25, -0.2) is 13.4 Å². The molecule has 0 radical (unpaired) electrons. The van der Waals surface area contributed by atoms with Crippen molar-refractivity contribution in [1.29, 1.82) is 0 Å². The number of hydrogen-bond acceptors (Lipinski definition) is 5. The van der Waals surface area contributed by atoms with Crippen molar-refractivity contribution in [3.63, 3.8) is 0 Å². The average molecular weight is 399 g/mol. The number of hydrogen-bond donors (Lipinski definition) is 2. The van der Waals surface area contributed by atoms with Crippen LogP contribution in [-0.2, 0) is 21.5 Å². The molecule has 2 aliphatic heterocycles. The zero-order valence-electron chi connectivity index (χ0n) is 15.4. The van der Waals surface area contributed by atoms with E-state index in [9.17, 15) is 22.7 Å². The van der Waals surface area contributed by atoms with Crippen molar-refractivity contribution in [3.8, 4) is 5.75 Å². The molecule has 3 rings (SSSR count). The Balaban J connectivity index is 1.68. The van der Waals surface area contributed by atoms with Crippen LogP contribution >= 0.6 is 0 Å². The Bertz CT molecular complexity index is 784. The summed E-state index contributed by atoms with van der Waals surface area (Å²) in [6.07, 6.45) is 5.95. The van der Waals surface area contributed by atoms with Crippen LogP contribution in [0.15, 0.2) is 12.1 Å². The molecule has 1 aromatic carbocycles. The van der Waals surface area contributed by atoms with Crippen LogP contribution in [0.1, 0.15) is 44.6 Å². The summed E-state index contributed by atoms with van der Waals surface area (Å²) in [6.45, 7) is 4.00. The Morgan fingerprint density at radius 3 is 2.56 bits per heavy atom. The van der Waals surface area contributed by atoms with E-state index < -0.39 is 39.9 Å². The van der Waals surface area contributed by atoms with Gasteiger partial charge in [-0.1, -0.05) is 26.2 Å². The van der Waals surface area contributed by atoms with Crippen LogP contribution in [0.3, 0.4) is 0 Å². The fourth-order valence-electron chi connectivity index (χ4n) is 3.81. The number of likely N-dealkylation sites (tertiary alicyclic amines) is 1. The number of benzene rings is 1. The van der Waals surface area contributed by atoms with E-state index in [2.05, 4.69) is 11.8 Å². The molecule has 2 fully saturated rings. The number of nitrogens with zero attached hydrogens (tertiary/aromatic N) is 2. The summed E-state index contributed by atoms with van der Waals surface area (Å²) in [7, 11) is -4.16. The molecule has 150 valence electrons. The zero-order chi connectivity index (χ0) is 19.6. The molecule has 1 amide bonds. The van der Waals surface area contributed by atoms with E-state index in [0.717, 1.165) is 31.8 Å². The Hall–Kier alpha value is -1.87. The number of carbonyl (C=O) groups excluding carboxylic acids is 1. The van der Waals surface area contributed by atoms with E-state index in [1.54, 1.807) is 4.72 Å². The van der Waals surface area contributed by atoms with E-state index in [1.807, 2.05) is 0 Å². The SMILES string of the molecule is CCCCC1CCN(Cc2cc(O)c(N3CC(=O)NS3(=O)=O)c(F)c2)CC1. The molecular weight excluding hydrogens is 373 g/mol. The number of aromatic hydroxyl groups is 1. The van der Waals surface area contributed by atoms with E-state index >= 15 is 0 Å². The fraction of sp³-hybridized carbons (Fsp3) is 0.611. The van der Waals surface area contributed by atoms with Crippen molar-refractivity contribution < 1.29 is 22.7 Å². The van der Waals surface area contributed by atoms with Crippen LogP contribution in [0, 0.1) is 11.7 Å². The molecule has 0 atom stereocenters. The highest BCUT2D eigenvalue weighted by Crippen LogP contribution is 2.35. The van der Waals surface area contributed by atoms with Crippen molar-refractivity contribution in [1.82, 2.24) is 9.62 Å². The first-order chi connectivity index (χ1) is 12.8. The fourth-order valence-corrected chi connectivity index (χ4v) is 4.98. The summed E-state index contributed by atoms with van der Waals surface area (Å²) in [4.78, 5) is 13.6. The monoisotopic (exact) mass is 399 g/mol. The first-order valence-electron chi connectivity index (χ1n) is 9.37. The van der Waals surface area contributed by atoms with E-state index in [1.165, 1.54) is 31.4 Å². The maximum Gasteiger partial charge on any atom is 0.326 e. The predicted octanol–water partition coefficient (Wildman–Crippen LogP) is 2.11. The maximum atomic E-state index is 14.6. The highest BCUT2D eigenvalue weighted by molar-refractivity contribution is 7.92. The molecule has 0 spiro atoms. The number of piperidine rings is 1. The Morgan fingerprint density at radius 2 is 2.00 bits per heavy atom. The van der Waals surface area contributed by atoms with Crippen molar-refractivity contribution in [2.24, 2.45) is 5.92 Å². The van der Waals surface area contributed by atoms with Crippen molar-refractivity contribution >= 4 is 21.8 Å². The van der Waals surface area contributed by atoms with Gasteiger partial charge in [0.1, 0.15) is 18.0 Å². The van der Waals surface area contributed by atoms with Crippen LogP contribution in [0.4, 0.5) is 10.1 Å². The van der Waals surface area contributed by atoms with Gasteiger partial charge in [-0.15, -0.1) is 0 Å². The lowest BCUT2D eigenvalue weighted by Gasteiger charge is -2.32. The first-order valence-corrected chi connectivity index (χ1v) is 10.8. The summed E-state index contributed by atoms with van der Waals surface area (Å²) in [5.74, 6) is -1.35. The van der Waals surface area contributed by atoms with Gasteiger partial charge < -0.3 is 5.11 Å². The second-order valence-corrected chi connectivity index (χ2v) is 8.94. The minimum atomic E-state index is -4.16. The van der Waals surface area contributed by atoms with Crippen LogP contribution in [0.2, 0.25) is 0 Å². The molecule has 0 aromatic heterocycles. The zero-order valence-corrected chi connectivity index (χ0v) is 16.3. The van der Waals surface area contributed by atoms with Gasteiger partial charge in [0.2, 0.25) is 0 Å². The third kappa shape index (κ3) is 4.52. The molecule has 0 unspecified atom stereocenters. The van der Waals surface area contributed by atoms with Gasteiger partial charge in [0.25, 0.3) is 5.91 Å². The average Bonchev–Trinajstić information content (AvgIpc) is 2.86. The molecule has 27 heavy (non-hydrogen) atoms. The highest BCUT2D eigenvalue weighted by atomic mass is 32.2. The maximum absolute atomic E-state index is 14.6. The van der Waals surface area contributed by atoms with E-state index in [0.29, 0.717) is 16.4 Å². The van der Waals surface area contributed by atoms with Gasteiger partial charge in [0.15, 0.2) is 5.82 Å². The molecule has 1 aromatic rings. The minimum Gasteiger partial charge on any atom is -0.506 e. The lowest BCUT2D eigenvalue weighted by Crippen LogP contribution is -2.33. The van der Waals surface area contributed by atoms with Crippen molar-refractivity contribution in [2.75, 3.05) is 23.9 Å². The molecule has 2 saturated heterocycles. The summed E-state index contributed by atoms with van der Waals surface area (Å²) >= 11 is 0. The largest absolute Gasteiger partial charge is 0.506 e. The van der Waals surface area contributed by atoms with E-state index in [4.69, 9.17) is 0 Å². The standard InChI is InChI=1S/C18H26FN3O4S/c1-2-3-4-13-5-7-21(8-6-13)11-14-9-15(19)18(16(23)10-14)22-12-17(24)20-27(22,25)26/h9-10,13,23H,2-8,11-12H2,1H3,(H,20,24). The summed E-state index contributed by atoms with van der Waals surface area (Å²) in [6, 6.07) is 2.61. The van der Waals surface area contributed by atoms with Gasteiger partial charge in [0.05, 0.1) is 0 Å². The summed E-state index contributed by atoms with van der Waals surface area (Å²) in [5, 5.41) is 10.2. The lowest BCUT2D eigenvalue weighted by molar-refractivity contribution is -0.117. The number of anilines is 1. The number of amides is 1. The number of carbonyl (C=O) groups is 1. The van der Waals surface area contributed by atoms with Crippen LogP contribution in [-0.4, -0.2) is 44.0 Å². The van der Waals surface area contributed by atoms with Crippen LogP contribution in [0.5, 0.6) is 5.75 Å².